The fourth-order valence-electron chi connectivity index (χ4n) is 4.38. The molecule has 2 aliphatic rings. The van der Waals surface area contributed by atoms with Crippen molar-refractivity contribution in [2.24, 2.45) is 0 Å². The molecule has 0 bridgehead atoms. The zero-order valence-electron chi connectivity index (χ0n) is 18.0. The van der Waals surface area contributed by atoms with Crippen molar-refractivity contribution in [1.82, 2.24) is 14.8 Å². The van der Waals surface area contributed by atoms with Gasteiger partial charge in [0.05, 0.1) is 24.4 Å². The lowest BCUT2D eigenvalue weighted by Gasteiger charge is -2.34. The van der Waals surface area contributed by atoms with Crippen LogP contribution in [0.25, 0.3) is 0 Å². The molecule has 8 heteroatoms. The van der Waals surface area contributed by atoms with Gasteiger partial charge in [-0.3, -0.25) is 14.7 Å². The summed E-state index contributed by atoms with van der Waals surface area (Å²) in [6.45, 7) is 3.72. The van der Waals surface area contributed by atoms with Crippen molar-refractivity contribution >= 4 is 5.91 Å². The molecule has 0 spiro atoms. The first-order chi connectivity index (χ1) is 15.4. The van der Waals surface area contributed by atoms with Crippen LogP contribution in [-0.4, -0.2) is 60.0 Å². The Morgan fingerprint density at radius 1 is 1.03 bits per heavy atom. The van der Waals surface area contributed by atoms with E-state index in [9.17, 15) is 18.0 Å². The van der Waals surface area contributed by atoms with Gasteiger partial charge in [-0.25, -0.2) is 0 Å². The van der Waals surface area contributed by atoms with Crippen molar-refractivity contribution < 1.29 is 22.7 Å². The molecule has 3 heterocycles. The maximum Gasteiger partial charge on any atom is 0.416 e. The summed E-state index contributed by atoms with van der Waals surface area (Å²) in [5.74, 6) is 0.149. The number of hydrogen-bond donors (Lipinski definition) is 0. The van der Waals surface area contributed by atoms with Crippen LogP contribution >= 0.6 is 0 Å². The minimum atomic E-state index is -4.40. The number of likely N-dealkylation sites (tertiary alicyclic amines) is 1. The highest BCUT2D eigenvalue weighted by molar-refractivity contribution is 5.78. The van der Waals surface area contributed by atoms with Gasteiger partial charge in [0.15, 0.2) is 0 Å². The van der Waals surface area contributed by atoms with Crippen LogP contribution in [0.4, 0.5) is 13.2 Å². The number of piperidine rings is 1. The number of hydrogen-bond acceptors (Lipinski definition) is 4. The molecule has 5 nitrogen and oxygen atoms in total. The van der Waals surface area contributed by atoms with Crippen LogP contribution in [0.15, 0.2) is 42.5 Å². The maximum atomic E-state index is 13.3. The number of benzene rings is 1. The van der Waals surface area contributed by atoms with Crippen molar-refractivity contribution in [2.45, 2.75) is 38.0 Å². The number of carbonyl (C=O) groups excluding carboxylic acids is 1. The Bertz CT molecular complexity index is 929. The second-order valence-corrected chi connectivity index (χ2v) is 8.42. The third-order valence-electron chi connectivity index (χ3n) is 6.07. The van der Waals surface area contributed by atoms with Gasteiger partial charge in [0.25, 0.3) is 0 Å². The molecule has 0 radical (unpaired) electrons. The molecule has 2 aromatic rings. The number of rotatable bonds is 5. The average molecular weight is 448 g/mol. The minimum Gasteiger partial charge on any atom is -0.369 e. The third-order valence-corrected chi connectivity index (χ3v) is 6.07. The number of morpholine rings is 1. The first-order valence-corrected chi connectivity index (χ1v) is 11.1. The molecule has 1 aromatic heterocycles. The van der Waals surface area contributed by atoms with E-state index in [2.05, 4.69) is 9.88 Å². The van der Waals surface area contributed by atoms with E-state index in [4.69, 9.17) is 4.74 Å². The molecule has 1 amide bonds. The van der Waals surface area contributed by atoms with E-state index in [1.165, 1.54) is 18.6 Å². The van der Waals surface area contributed by atoms with Crippen LogP contribution in [0, 0.1) is 0 Å². The summed E-state index contributed by atoms with van der Waals surface area (Å²) in [7, 11) is 0. The summed E-state index contributed by atoms with van der Waals surface area (Å²) in [6.07, 6.45) is -1.32. The molecule has 0 saturated carbocycles. The number of ether oxygens (including phenoxy) is 1. The molecule has 1 aromatic carbocycles. The van der Waals surface area contributed by atoms with Crippen molar-refractivity contribution in [2.75, 3.05) is 39.3 Å². The molecule has 2 saturated heterocycles. The summed E-state index contributed by atoms with van der Waals surface area (Å²) in [6, 6.07) is 11.0. The Kier molecular flexibility index (Phi) is 7.10. The summed E-state index contributed by atoms with van der Waals surface area (Å²) < 4.78 is 45.9. The highest BCUT2D eigenvalue weighted by Crippen LogP contribution is 2.33. The number of nitrogens with zero attached hydrogens (tertiary/aromatic N) is 3. The molecule has 4 rings (SSSR count). The molecule has 0 aliphatic carbocycles. The highest BCUT2D eigenvalue weighted by Gasteiger charge is 2.33. The second-order valence-electron chi connectivity index (χ2n) is 8.42. The van der Waals surface area contributed by atoms with Crippen LogP contribution < -0.4 is 0 Å². The number of amides is 1. The number of halogens is 3. The van der Waals surface area contributed by atoms with Gasteiger partial charge >= 0.3 is 6.18 Å². The topological polar surface area (TPSA) is 45.7 Å². The molecule has 0 unspecified atom stereocenters. The number of pyridine rings is 1. The number of aromatic nitrogens is 1. The lowest BCUT2D eigenvalue weighted by atomic mass is 10.0. The van der Waals surface area contributed by atoms with E-state index in [0.29, 0.717) is 37.6 Å². The quantitative estimate of drug-likeness (QED) is 0.693. The Labute approximate surface area is 186 Å². The van der Waals surface area contributed by atoms with Gasteiger partial charge in [0, 0.05) is 38.3 Å². The predicted octanol–water partition coefficient (Wildman–Crippen LogP) is 4.08. The predicted molar refractivity (Wildman–Crippen MR) is 114 cm³/mol. The Hall–Kier alpha value is -2.45. The van der Waals surface area contributed by atoms with E-state index in [0.717, 1.165) is 32.0 Å². The van der Waals surface area contributed by atoms with Crippen LogP contribution in [0.5, 0.6) is 0 Å². The van der Waals surface area contributed by atoms with Gasteiger partial charge in [-0.1, -0.05) is 24.3 Å². The van der Waals surface area contributed by atoms with E-state index in [1.807, 2.05) is 11.0 Å². The molecule has 1 atom stereocenters. The van der Waals surface area contributed by atoms with E-state index in [-0.39, 0.29) is 24.0 Å². The molecule has 2 aliphatic heterocycles. The van der Waals surface area contributed by atoms with E-state index >= 15 is 0 Å². The van der Waals surface area contributed by atoms with Crippen molar-refractivity contribution in [1.29, 1.82) is 0 Å². The molecular weight excluding hydrogens is 419 g/mol. The number of carbonyl (C=O) groups is 1. The summed E-state index contributed by atoms with van der Waals surface area (Å²) >= 11 is 0. The van der Waals surface area contributed by atoms with Crippen LogP contribution in [0.2, 0.25) is 0 Å². The highest BCUT2D eigenvalue weighted by atomic mass is 19.4. The van der Waals surface area contributed by atoms with Gasteiger partial charge in [-0.05, 0) is 43.0 Å². The summed E-state index contributed by atoms with van der Waals surface area (Å²) in [5, 5.41) is 0. The summed E-state index contributed by atoms with van der Waals surface area (Å²) in [5.41, 5.74) is 0.804. The maximum absolute atomic E-state index is 13.3. The molecule has 32 heavy (non-hydrogen) atoms. The first-order valence-electron chi connectivity index (χ1n) is 11.1. The Morgan fingerprint density at radius 2 is 1.81 bits per heavy atom. The van der Waals surface area contributed by atoms with Crippen LogP contribution in [0.1, 0.15) is 47.9 Å². The third kappa shape index (κ3) is 5.66. The second kappa shape index (κ2) is 10.0. The fraction of sp³-hybridized carbons (Fsp3) is 0.500. The average Bonchev–Trinajstić information content (AvgIpc) is 2.80. The lowest BCUT2D eigenvalue weighted by Crippen LogP contribution is -2.46. The number of alkyl halides is 3. The van der Waals surface area contributed by atoms with Gasteiger partial charge in [-0.2, -0.15) is 13.2 Å². The molecular formula is C24H28F3N3O2. The van der Waals surface area contributed by atoms with Crippen molar-refractivity contribution in [3.05, 3.63) is 65.0 Å². The van der Waals surface area contributed by atoms with E-state index < -0.39 is 11.7 Å². The van der Waals surface area contributed by atoms with Crippen LogP contribution in [-0.2, 0) is 22.1 Å². The lowest BCUT2D eigenvalue weighted by molar-refractivity contribution is -0.138. The van der Waals surface area contributed by atoms with Crippen molar-refractivity contribution in [3.63, 3.8) is 0 Å². The SMILES string of the molecule is O=C(CN1CCO[C@H](c2cccc(Cc3ccccc3C(F)(F)F)n2)C1)N1CCCCC1. The standard InChI is InChI=1S/C24H28F3N3O2/c25-24(26,27)20-9-3-2-7-18(20)15-19-8-6-10-21(28-19)22-16-29(13-14-32-22)17-23(31)30-11-4-1-5-12-30/h2-3,6-10,22H,1,4-5,11-17H2/t22-/m0/s1. The molecule has 172 valence electrons. The van der Waals surface area contributed by atoms with Crippen molar-refractivity contribution in [3.8, 4) is 0 Å². The molecule has 2 fully saturated rings. The summed E-state index contributed by atoms with van der Waals surface area (Å²) in [4.78, 5) is 21.2. The van der Waals surface area contributed by atoms with Crippen LogP contribution in [0.3, 0.4) is 0 Å². The van der Waals surface area contributed by atoms with Gasteiger partial charge in [0.2, 0.25) is 5.91 Å². The molecule has 0 N–H and O–H groups in total. The minimum absolute atomic E-state index is 0.0907. The first kappa shape index (κ1) is 22.7. The Morgan fingerprint density at radius 3 is 2.59 bits per heavy atom. The monoisotopic (exact) mass is 447 g/mol. The smallest absolute Gasteiger partial charge is 0.369 e. The van der Waals surface area contributed by atoms with Gasteiger partial charge in [0.1, 0.15) is 6.10 Å². The van der Waals surface area contributed by atoms with E-state index in [1.54, 1.807) is 18.2 Å². The van der Waals surface area contributed by atoms with Gasteiger partial charge < -0.3 is 9.64 Å². The zero-order chi connectivity index (χ0) is 22.6. The largest absolute Gasteiger partial charge is 0.416 e. The fourth-order valence-corrected chi connectivity index (χ4v) is 4.38. The normalized spacial score (nSPS) is 20.3. The van der Waals surface area contributed by atoms with Gasteiger partial charge in [-0.15, -0.1) is 0 Å². The zero-order valence-corrected chi connectivity index (χ0v) is 18.0. The Balaban J connectivity index is 1.42.